The number of rotatable bonds is 6. The van der Waals surface area contributed by atoms with Gasteiger partial charge in [0.25, 0.3) is 0 Å². The molecule has 0 saturated carbocycles. The lowest BCUT2D eigenvalue weighted by Gasteiger charge is -2.41. The van der Waals surface area contributed by atoms with Crippen molar-refractivity contribution in [1.82, 2.24) is 19.8 Å². The summed E-state index contributed by atoms with van der Waals surface area (Å²) < 4.78 is 0. The third kappa shape index (κ3) is 5.12. The molecule has 5 rings (SSSR count). The van der Waals surface area contributed by atoms with Crippen molar-refractivity contribution in [3.63, 3.8) is 0 Å². The molecule has 2 aromatic heterocycles. The van der Waals surface area contributed by atoms with Gasteiger partial charge in [0.2, 0.25) is 5.91 Å². The molecule has 10 nitrogen and oxygen atoms in total. The maximum atomic E-state index is 12.4. The van der Waals surface area contributed by atoms with E-state index in [1.54, 1.807) is 24.1 Å². The molecule has 2 atom stereocenters. The van der Waals surface area contributed by atoms with Crippen molar-refractivity contribution in [2.45, 2.75) is 37.8 Å². The van der Waals surface area contributed by atoms with Crippen molar-refractivity contribution in [3.05, 3.63) is 70.0 Å². The predicted molar refractivity (Wildman–Crippen MR) is 169 cm³/mol. The van der Waals surface area contributed by atoms with Crippen molar-refractivity contribution < 1.29 is 9.90 Å². The Bertz CT molecular complexity index is 1630. The summed E-state index contributed by atoms with van der Waals surface area (Å²) in [6.07, 6.45) is 3.31. The van der Waals surface area contributed by atoms with Gasteiger partial charge in [-0.05, 0) is 50.1 Å². The second kappa shape index (κ2) is 11.7. The number of carbonyl (C=O) groups excluding carboxylic acids is 1. The molecule has 2 aliphatic heterocycles. The Hall–Kier alpha value is -3.93. The third-order valence-electron chi connectivity index (χ3n) is 7.70. The van der Waals surface area contributed by atoms with Crippen LogP contribution in [0.15, 0.2) is 41.9 Å². The van der Waals surface area contributed by atoms with E-state index in [4.69, 9.17) is 27.7 Å². The molecule has 4 heterocycles. The summed E-state index contributed by atoms with van der Waals surface area (Å²) in [5, 5.41) is 31.8. The summed E-state index contributed by atoms with van der Waals surface area (Å²) in [6, 6.07) is 5.33. The highest BCUT2D eigenvalue weighted by Gasteiger charge is 2.37. The minimum atomic E-state index is -0.855. The normalized spacial score (nSPS) is 17.2. The summed E-state index contributed by atoms with van der Waals surface area (Å²) in [5.74, 6) is 1.07. The average molecular weight is 605 g/mol. The number of aliphatic hydroxyl groups is 1. The van der Waals surface area contributed by atoms with E-state index in [-0.39, 0.29) is 17.8 Å². The molecule has 2 aliphatic rings. The van der Waals surface area contributed by atoms with E-state index < -0.39 is 6.10 Å². The lowest BCUT2D eigenvalue weighted by molar-refractivity contribution is -0.128. The molecular formula is C30H33ClN8O2S. The zero-order valence-electron chi connectivity index (χ0n) is 23.7. The summed E-state index contributed by atoms with van der Waals surface area (Å²) in [7, 11) is 0. The minimum absolute atomic E-state index is 0.126. The molecule has 2 unspecified atom stereocenters. The van der Waals surface area contributed by atoms with E-state index in [2.05, 4.69) is 16.9 Å². The number of nitrogens with zero attached hydrogens (tertiary/aromatic N) is 4. The quantitative estimate of drug-likeness (QED) is 0.151. The van der Waals surface area contributed by atoms with Gasteiger partial charge in [0, 0.05) is 59.5 Å². The number of anilines is 3. The van der Waals surface area contributed by atoms with Crippen molar-refractivity contribution in [2.24, 2.45) is 0 Å². The summed E-state index contributed by atoms with van der Waals surface area (Å²) in [4.78, 5) is 26.3. The van der Waals surface area contributed by atoms with Crippen molar-refractivity contribution in [1.29, 1.82) is 10.8 Å². The van der Waals surface area contributed by atoms with Gasteiger partial charge in [-0.15, -0.1) is 11.8 Å². The highest BCUT2D eigenvalue weighted by atomic mass is 35.5. The van der Waals surface area contributed by atoms with Crippen LogP contribution in [0.4, 0.5) is 17.2 Å². The Morgan fingerprint density at radius 2 is 2.05 bits per heavy atom. The first-order chi connectivity index (χ1) is 20.1. The maximum absolute atomic E-state index is 12.4. The van der Waals surface area contributed by atoms with Crippen molar-refractivity contribution >= 4 is 58.5 Å². The highest BCUT2D eigenvalue weighted by Crippen LogP contribution is 2.46. The zero-order valence-corrected chi connectivity index (χ0v) is 25.2. The number of nitrogen functional groups attached to an aromatic ring is 1. The Morgan fingerprint density at radius 1 is 1.29 bits per heavy atom. The number of aromatic nitrogens is 2. The summed E-state index contributed by atoms with van der Waals surface area (Å²) in [6.45, 7) is 10.5. The molecule has 42 heavy (non-hydrogen) atoms. The Morgan fingerprint density at radius 3 is 2.74 bits per heavy atom. The van der Waals surface area contributed by atoms with Gasteiger partial charge < -0.3 is 31.4 Å². The monoisotopic (exact) mass is 604 g/mol. The number of carbonyl (C=O) groups is 1. The zero-order chi connectivity index (χ0) is 30.3. The molecule has 3 aromatic rings. The van der Waals surface area contributed by atoms with Gasteiger partial charge in [0.05, 0.1) is 39.8 Å². The van der Waals surface area contributed by atoms with E-state index >= 15 is 0 Å². The Balaban J connectivity index is 1.74. The fourth-order valence-corrected chi connectivity index (χ4v) is 7.09. The van der Waals surface area contributed by atoms with Gasteiger partial charge in [-0.1, -0.05) is 24.2 Å². The molecular weight excluding hydrogens is 572 g/mol. The maximum Gasteiger partial charge on any atom is 0.246 e. The summed E-state index contributed by atoms with van der Waals surface area (Å²) >= 11 is 8.67. The molecule has 0 aliphatic carbocycles. The number of hydrogen-bond acceptors (Lipinski definition) is 9. The van der Waals surface area contributed by atoms with Crippen LogP contribution in [0.3, 0.4) is 0 Å². The van der Waals surface area contributed by atoms with Crippen LogP contribution in [0.5, 0.6) is 0 Å². The molecule has 6 N–H and O–H groups in total. The highest BCUT2D eigenvalue weighted by molar-refractivity contribution is 7.99. The van der Waals surface area contributed by atoms with Gasteiger partial charge in [-0.2, -0.15) is 0 Å². The minimum Gasteiger partial charge on any atom is -0.398 e. The van der Waals surface area contributed by atoms with Gasteiger partial charge in [-0.3, -0.25) is 15.2 Å². The fraction of sp³-hybridized carbons (Fsp3) is 0.300. The van der Waals surface area contributed by atoms with Crippen LogP contribution in [-0.4, -0.2) is 74.3 Å². The lowest BCUT2D eigenvalue weighted by atomic mass is 9.96. The first kappa shape index (κ1) is 29.6. The molecule has 1 amide bonds. The van der Waals surface area contributed by atoms with Crippen molar-refractivity contribution in [2.75, 3.05) is 36.4 Å². The number of amides is 1. The number of aliphatic hydroxyl groups excluding tert-OH is 1. The van der Waals surface area contributed by atoms with Crippen LogP contribution in [0, 0.1) is 24.7 Å². The number of hydrogen-bond donors (Lipinski definition) is 5. The van der Waals surface area contributed by atoms with Crippen LogP contribution < -0.4 is 11.1 Å². The number of nitrogens with two attached hydrogens (primary N) is 1. The summed E-state index contributed by atoms with van der Waals surface area (Å²) in [5.41, 5.74) is 11.5. The second-order valence-electron chi connectivity index (χ2n) is 10.4. The smallest absolute Gasteiger partial charge is 0.246 e. The van der Waals surface area contributed by atoms with Crippen LogP contribution in [0.25, 0.3) is 11.3 Å². The van der Waals surface area contributed by atoms with Gasteiger partial charge in [0.1, 0.15) is 11.7 Å². The Labute approximate surface area is 254 Å². The third-order valence-corrected chi connectivity index (χ3v) is 9.43. The van der Waals surface area contributed by atoms with Crippen LogP contribution in [0.2, 0.25) is 5.02 Å². The number of fused-ring (bicyclic) bond motifs is 2. The largest absolute Gasteiger partial charge is 0.398 e. The molecule has 0 bridgehead atoms. The van der Waals surface area contributed by atoms with Crippen LogP contribution in [-0.2, 0) is 4.79 Å². The number of halogens is 1. The number of benzene rings is 1. The van der Waals surface area contributed by atoms with E-state index in [1.165, 1.54) is 24.1 Å². The van der Waals surface area contributed by atoms with Gasteiger partial charge in [-0.25, -0.2) is 4.98 Å². The number of thioether (sulfide) groups is 1. The number of pyridine rings is 2. The number of amidine groups is 1. The van der Waals surface area contributed by atoms with Crippen LogP contribution >= 0.6 is 23.4 Å². The molecule has 12 heteroatoms. The molecule has 1 fully saturated rings. The Kier molecular flexibility index (Phi) is 8.27. The van der Waals surface area contributed by atoms with Gasteiger partial charge >= 0.3 is 0 Å². The topological polar surface area (TPSA) is 155 Å². The van der Waals surface area contributed by atoms with Crippen LogP contribution in [0.1, 0.15) is 41.0 Å². The number of nitrogens with one attached hydrogen (secondary N) is 3. The second-order valence-corrected chi connectivity index (χ2v) is 11.8. The van der Waals surface area contributed by atoms with E-state index in [1.807, 2.05) is 30.9 Å². The first-order valence-electron chi connectivity index (χ1n) is 13.5. The number of aryl methyl sites for hydroxylation is 2. The standard InChI is InChI=1S/C30H33ClN8O2S/c1-5-21(41)38-10-11-39-18(13-38)14-42-28-23(29(39)34)30(36-25-16(3)8-9-35-26(25)17(4)40)37-27(24(28)31)22-15(2)6-7-20(33)19(22)12-32/h5-9,12,17-18,32,34,40H,1,10-11,13-14,33H2,2-4H3,(H,36,37). The molecule has 0 spiro atoms. The molecule has 218 valence electrons. The lowest BCUT2D eigenvalue weighted by Crippen LogP contribution is -2.56. The number of piperazine rings is 1. The molecule has 1 aromatic carbocycles. The predicted octanol–water partition coefficient (Wildman–Crippen LogP) is 4.92. The first-order valence-corrected chi connectivity index (χ1v) is 14.9. The van der Waals surface area contributed by atoms with E-state index in [9.17, 15) is 15.3 Å². The van der Waals surface area contributed by atoms with E-state index in [0.717, 1.165) is 11.1 Å². The van der Waals surface area contributed by atoms with E-state index in [0.29, 0.717) is 80.6 Å². The molecule has 0 radical (unpaired) electrons. The SMILES string of the molecule is C=CC(=O)N1CCN2C(=N)c3c(Nc4c(C)ccnc4C(C)O)nc(-c4c(C)ccc(N)c4C=N)c(Cl)c3SCC2C1. The average Bonchev–Trinajstić information content (AvgIpc) is 3.12. The van der Waals surface area contributed by atoms with Crippen molar-refractivity contribution in [3.8, 4) is 11.3 Å². The van der Waals surface area contributed by atoms with Gasteiger partial charge in [0.15, 0.2) is 0 Å². The fourth-order valence-electron chi connectivity index (χ4n) is 5.49. The molecule has 1 saturated heterocycles.